The predicted octanol–water partition coefficient (Wildman–Crippen LogP) is 5.02. The van der Waals surface area contributed by atoms with Gasteiger partial charge in [-0.05, 0) is 35.7 Å². The van der Waals surface area contributed by atoms with Crippen LogP contribution in [-0.4, -0.2) is 14.2 Å². The Morgan fingerprint density at radius 2 is 1.76 bits per heavy atom. The molecule has 0 spiro atoms. The van der Waals surface area contributed by atoms with E-state index in [1.165, 1.54) is 12.1 Å². The Kier molecular flexibility index (Phi) is 5.32. The summed E-state index contributed by atoms with van der Waals surface area (Å²) in [5, 5.41) is 0.100. The smallest absolute Gasteiger partial charge is 0.162 e. The normalized spacial score (nSPS) is 12.0. The van der Waals surface area contributed by atoms with E-state index in [-0.39, 0.29) is 11.2 Å². The molecule has 2 rings (SSSR count). The van der Waals surface area contributed by atoms with E-state index in [1.54, 1.807) is 32.4 Å². The fourth-order valence-electron chi connectivity index (χ4n) is 2.09. The molecule has 0 saturated carbocycles. The maximum absolute atomic E-state index is 13.2. The van der Waals surface area contributed by atoms with Gasteiger partial charge in [-0.25, -0.2) is 4.39 Å². The molecule has 0 aromatic heterocycles. The van der Waals surface area contributed by atoms with Gasteiger partial charge in [-0.15, -0.1) is 11.6 Å². The molecule has 0 aliphatic heterocycles. The fourth-order valence-corrected chi connectivity index (χ4v) is 2.79. The van der Waals surface area contributed by atoms with Crippen molar-refractivity contribution in [1.82, 2.24) is 0 Å². The lowest BCUT2D eigenvalue weighted by Crippen LogP contribution is -2.00. The van der Waals surface area contributed by atoms with Gasteiger partial charge in [0.25, 0.3) is 0 Å². The molecule has 2 aromatic carbocycles. The Morgan fingerprint density at radius 1 is 1.10 bits per heavy atom. The second-order valence-electron chi connectivity index (χ2n) is 4.53. The molecule has 0 aliphatic carbocycles. The molecular weight excluding hydrogens is 314 g/mol. The van der Waals surface area contributed by atoms with Gasteiger partial charge in [-0.1, -0.05) is 23.7 Å². The van der Waals surface area contributed by atoms with E-state index in [0.29, 0.717) is 22.9 Å². The summed E-state index contributed by atoms with van der Waals surface area (Å²) in [5.74, 6) is 0.817. The van der Waals surface area contributed by atoms with Crippen LogP contribution in [0, 0.1) is 5.82 Å². The summed E-state index contributed by atoms with van der Waals surface area (Å²) >= 11 is 12.7. The summed E-state index contributed by atoms with van der Waals surface area (Å²) in [6.45, 7) is 0. The topological polar surface area (TPSA) is 18.5 Å². The minimum absolute atomic E-state index is 0.283. The molecular formula is C16H15Cl2FO2. The highest BCUT2D eigenvalue weighted by Gasteiger charge is 2.17. The summed E-state index contributed by atoms with van der Waals surface area (Å²) in [6, 6.07) is 9.76. The zero-order valence-electron chi connectivity index (χ0n) is 11.7. The zero-order chi connectivity index (χ0) is 15.4. The predicted molar refractivity (Wildman–Crippen MR) is 83.3 cm³/mol. The number of rotatable bonds is 5. The van der Waals surface area contributed by atoms with Crippen molar-refractivity contribution in [3.05, 3.63) is 58.4 Å². The van der Waals surface area contributed by atoms with Crippen molar-refractivity contribution in [3.8, 4) is 11.5 Å². The lowest BCUT2D eigenvalue weighted by atomic mass is 10.0. The second-order valence-corrected chi connectivity index (χ2v) is 5.46. The molecule has 5 heteroatoms. The van der Waals surface area contributed by atoms with Crippen molar-refractivity contribution >= 4 is 23.2 Å². The Bertz CT molecular complexity index is 632. The van der Waals surface area contributed by atoms with Crippen LogP contribution in [0.25, 0.3) is 0 Å². The number of ether oxygens (including phenoxy) is 2. The van der Waals surface area contributed by atoms with Crippen LogP contribution in [0.4, 0.5) is 4.39 Å². The van der Waals surface area contributed by atoms with Gasteiger partial charge >= 0.3 is 0 Å². The first-order valence-corrected chi connectivity index (χ1v) is 7.16. The second kappa shape index (κ2) is 7.01. The molecule has 0 heterocycles. The van der Waals surface area contributed by atoms with E-state index in [1.807, 2.05) is 6.07 Å². The number of halogens is 3. The van der Waals surface area contributed by atoms with Crippen molar-refractivity contribution in [2.75, 3.05) is 14.2 Å². The van der Waals surface area contributed by atoms with Crippen LogP contribution in [0.5, 0.6) is 11.5 Å². The Morgan fingerprint density at radius 3 is 2.38 bits per heavy atom. The molecule has 0 aliphatic rings. The lowest BCUT2D eigenvalue weighted by Gasteiger charge is -2.15. The van der Waals surface area contributed by atoms with Gasteiger partial charge in [0.1, 0.15) is 5.82 Å². The average Bonchev–Trinajstić information content (AvgIpc) is 2.46. The highest BCUT2D eigenvalue weighted by atomic mass is 35.5. The van der Waals surface area contributed by atoms with Crippen LogP contribution in [0.15, 0.2) is 36.4 Å². The molecule has 1 unspecified atom stereocenters. The van der Waals surface area contributed by atoms with Crippen LogP contribution < -0.4 is 9.47 Å². The van der Waals surface area contributed by atoms with Gasteiger partial charge in [0.2, 0.25) is 0 Å². The van der Waals surface area contributed by atoms with Crippen molar-refractivity contribution in [3.63, 3.8) is 0 Å². The van der Waals surface area contributed by atoms with E-state index in [2.05, 4.69) is 0 Å². The first-order chi connectivity index (χ1) is 10.0. The third kappa shape index (κ3) is 3.80. The van der Waals surface area contributed by atoms with Gasteiger partial charge in [-0.3, -0.25) is 0 Å². The highest BCUT2D eigenvalue weighted by Crippen LogP contribution is 2.39. The molecule has 1 atom stereocenters. The van der Waals surface area contributed by atoms with Crippen LogP contribution in [0.1, 0.15) is 16.5 Å². The molecule has 2 aromatic rings. The number of alkyl halides is 1. The zero-order valence-corrected chi connectivity index (χ0v) is 13.2. The number of hydrogen-bond donors (Lipinski definition) is 0. The van der Waals surface area contributed by atoms with Gasteiger partial charge in [0.05, 0.1) is 19.6 Å². The maximum atomic E-state index is 13.2. The number of benzene rings is 2. The van der Waals surface area contributed by atoms with E-state index in [9.17, 15) is 4.39 Å². The fraction of sp³-hybridized carbons (Fsp3) is 0.250. The molecule has 0 fully saturated rings. The van der Waals surface area contributed by atoms with Crippen molar-refractivity contribution in [2.24, 2.45) is 0 Å². The largest absolute Gasteiger partial charge is 0.493 e. The minimum Gasteiger partial charge on any atom is -0.493 e. The van der Waals surface area contributed by atoms with Gasteiger partial charge in [0.15, 0.2) is 11.5 Å². The minimum atomic E-state index is -0.390. The van der Waals surface area contributed by atoms with Crippen molar-refractivity contribution in [1.29, 1.82) is 0 Å². The first kappa shape index (κ1) is 15.9. The summed E-state index contributed by atoms with van der Waals surface area (Å²) in [4.78, 5) is 0. The molecule has 0 N–H and O–H groups in total. The number of methoxy groups -OCH3 is 2. The monoisotopic (exact) mass is 328 g/mol. The molecule has 112 valence electrons. The third-order valence-electron chi connectivity index (χ3n) is 3.14. The standard InChI is InChI=1S/C16H15Cl2FO2/c1-20-15-8-12(14(18)9-16(15)21-2)13(17)7-10-4-3-5-11(19)6-10/h3-6,8-9,13H,7H2,1-2H3. The van der Waals surface area contributed by atoms with E-state index in [0.717, 1.165) is 11.1 Å². The molecule has 0 bridgehead atoms. The molecule has 21 heavy (non-hydrogen) atoms. The maximum Gasteiger partial charge on any atom is 0.162 e. The summed E-state index contributed by atoms with van der Waals surface area (Å²) < 4.78 is 23.6. The first-order valence-electron chi connectivity index (χ1n) is 6.35. The Balaban J connectivity index is 2.28. The molecule has 0 saturated heterocycles. The van der Waals surface area contributed by atoms with E-state index >= 15 is 0 Å². The Hall–Kier alpha value is -1.45. The molecule has 0 amide bonds. The van der Waals surface area contributed by atoms with Gasteiger partial charge < -0.3 is 9.47 Å². The Labute approximate surface area is 133 Å². The molecule has 2 nitrogen and oxygen atoms in total. The number of hydrogen-bond acceptors (Lipinski definition) is 2. The van der Waals surface area contributed by atoms with Crippen LogP contribution in [0.3, 0.4) is 0 Å². The molecule has 0 radical (unpaired) electrons. The van der Waals surface area contributed by atoms with E-state index in [4.69, 9.17) is 32.7 Å². The van der Waals surface area contributed by atoms with Gasteiger partial charge in [0, 0.05) is 11.1 Å². The third-order valence-corrected chi connectivity index (χ3v) is 3.86. The highest BCUT2D eigenvalue weighted by molar-refractivity contribution is 6.33. The SMILES string of the molecule is COc1cc(Cl)c(C(Cl)Cc2cccc(F)c2)cc1OC. The average molecular weight is 329 g/mol. The van der Waals surface area contributed by atoms with Crippen molar-refractivity contribution < 1.29 is 13.9 Å². The van der Waals surface area contributed by atoms with Crippen LogP contribution >= 0.6 is 23.2 Å². The van der Waals surface area contributed by atoms with E-state index < -0.39 is 0 Å². The van der Waals surface area contributed by atoms with Crippen LogP contribution in [0.2, 0.25) is 5.02 Å². The quantitative estimate of drug-likeness (QED) is 0.717. The summed E-state index contributed by atoms with van der Waals surface area (Å²) in [7, 11) is 3.09. The summed E-state index contributed by atoms with van der Waals surface area (Å²) in [6.07, 6.45) is 0.467. The lowest BCUT2D eigenvalue weighted by molar-refractivity contribution is 0.354. The summed E-state index contributed by atoms with van der Waals surface area (Å²) in [5.41, 5.74) is 1.53. The van der Waals surface area contributed by atoms with Crippen molar-refractivity contribution in [2.45, 2.75) is 11.8 Å². The van der Waals surface area contributed by atoms with Gasteiger partial charge in [-0.2, -0.15) is 0 Å². The van der Waals surface area contributed by atoms with Crippen LogP contribution in [-0.2, 0) is 6.42 Å².